The minimum absolute atomic E-state index is 0.0873. The topological polar surface area (TPSA) is 58.6 Å². The van der Waals surface area contributed by atoms with Gasteiger partial charge in [0.25, 0.3) is 5.91 Å². The van der Waals surface area contributed by atoms with E-state index in [4.69, 9.17) is 16.3 Å². The van der Waals surface area contributed by atoms with Crippen LogP contribution in [0.5, 0.6) is 5.75 Å². The van der Waals surface area contributed by atoms with Gasteiger partial charge in [-0.15, -0.1) is 0 Å². The Morgan fingerprint density at radius 1 is 1.12 bits per heavy atom. The van der Waals surface area contributed by atoms with Gasteiger partial charge in [-0.05, 0) is 47.4 Å². The van der Waals surface area contributed by atoms with Gasteiger partial charge >= 0.3 is 0 Å². The summed E-state index contributed by atoms with van der Waals surface area (Å²) in [5.41, 5.74) is 1.80. The number of amides is 1. The van der Waals surface area contributed by atoms with Crippen LogP contribution in [0, 0.1) is 0 Å². The Labute approximate surface area is 153 Å². The van der Waals surface area contributed by atoms with Crippen LogP contribution in [0.4, 0.5) is 0 Å². The lowest BCUT2D eigenvalue weighted by Gasteiger charge is -2.19. The monoisotopic (exact) mass is 361 g/mol. The largest absolute Gasteiger partial charge is 0.491 e. The fourth-order valence-corrected chi connectivity index (χ4v) is 2.34. The minimum Gasteiger partial charge on any atom is -0.491 e. The van der Waals surface area contributed by atoms with Gasteiger partial charge in [0.1, 0.15) is 18.5 Å². The van der Waals surface area contributed by atoms with Crippen molar-refractivity contribution in [3.8, 4) is 5.75 Å². The molecule has 0 saturated carbocycles. The van der Waals surface area contributed by atoms with E-state index < -0.39 is 6.10 Å². The molecule has 25 heavy (non-hydrogen) atoms. The number of ether oxygens (including phenoxy) is 1. The van der Waals surface area contributed by atoms with Crippen molar-refractivity contribution < 1.29 is 14.6 Å². The molecule has 0 aliphatic heterocycles. The summed E-state index contributed by atoms with van der Waals surface area (Å²) in [5.74, 6) is 0.432. The van der Waals surface area contributed by atoms with Crippen LogP contribution >= 0.6 is 11.6 Å². The molecule has 0 saturated heterocycles. The second-order valence-electron chi connectivity index (χ2n) is 6.96. The van der Waals surface area contributed by atoms with E-state index in [9.17, 15) is 9.90 Å². The first-order valence-corrected chi connectivity index (χ1v) is 8.58. The first-order valence-electron chi connectivity index (χ1n) is 8.21. The number of hydrogen-bond donors (Lipinski definition) is 2. The fraction of sp³-hybridized carbons (Fsp3) is 0.350. The summed E-state index contributed by atoms with van der Waals surface area (Å²) in [6.45, 7) is 6.67. The van der Waals surface area contributed by atoms with Crippen molar-refractivity contribution in [2.75, 3.05) is 13.2 Å². The molecule has 0 aliphatic rings. The summed E-state index contributed by atoms with van der Waals surface area (Å²) in [6, 6.07) is 14.4. The molecule has 2 N–H and O–H groups in total. The van der Waals surface area contributed by atoms with Crippen LogP contribution in [0.3, 0.4) is 0 Å². The van der Waals surface area contributed by atoms with Gasteiger partial charge in [-0.1, -0.05) is 44.5 Å². The van der Waals surface area contributed by atoms with Gasteiger partial charge in [-0.25, -0.2) is 0 Å². The predicted octanol–water partition coefficient (Wildman–Crippen LogP) is 3.81. The summed E-state index contributed by atoms with van der Waals surface area (Å²) < 4.78 is 5.57. The van der Waals surface area contributed by atoms with E-state index in [2.05, 4.69) is 26.1 Å². The van der Waals surface area contributed by atoms with Crippen LogP contribution in [-0.2, 0) is 5.41 Å². The Morgan fingerprint density at radius 3 is 2.28 bits per heavy atom. The zero-order chi connectivity index (χ0) is 18.4. The smallest absolute Gasteiger partial charge is 0.251 e. The maximum Gasteiger partial charge on any atom is 0.251 e. The quantitative estimate of drug-likeness (QED) is 0.822. The van der Waals surface area contributed by atoms with Gasteiger partial charge in [-0.3, -0.25) is 4.79 Å². The molecule has 4 nitrogen and oxygen atoms in total. The summed E-state index contributed by atoms with van der Waals surface area (Å²) in [5, 5.41) is 13.2. The maximum atomic E-state index is 12.0. The number of aliphatic hydroxyl groups excluding tert-OH is 1. The Bertz CT molecular complexity index is 690. The summed E-state index contributed by atoms with van der Waals surface area (Å²) in [4.78, 5) is 12.0. The second kappa shape index (κ2) is 8.37. The summed E-state index contributed by atoms with van der Waals surface area (Å²) in [7, 11) is 0. The molecule has 0 fully saturated rings. The lowest BCUT2D eigenvalue weighted by molar-refractivity contribution is 0.0843. The van der Waals surface area contributed by atoms with E-state index in [0.29, 0.717) is 16.3 Å². The van der Waals surface area contributed by atoms with E-state index in [1.54, 1.807) is 24.3 Å². The van der Waals surface area contributed by atoms with E-state index >= 15 is 0 Å². The van der Waals surface area contributed by atoms with E-state index in [1.165, 1.54) is 5.56 Å². The molecule has 0 bridgehead atoms. The first kappa shape index (κ1) is 19.3. The fourth-order valence-electron chi connectivity index (χ4n) is 2.22. The highest BCUT2D eigenvalue weighted by Gasteiger charge is 2.14. The Morgan fingerprint density at radius 2 is 1.72 bits per heavy atom. The van der Waals surface area contributed by atoms with E-state index in [0.717, 1.165) is 0 Å². The van der Waals surface area contributed by atoms with Gasteiger partial charge in [0.2, 0.25) is 0 Å². The van der Waals surface area contributed by atoms with Crippen LogP contribution in [-0.4, -0.2) is 30.3 Å². The lowest BCUT2D eigenvalue weighted by atomic mass is 9.87. The summed E-state index contributed by atoms with van der Waals surface area (Å²) in [6.07, 6.45) is -0.793. The molecule has 2 aromatic rings. The van der Waals surface area contributed by atoms with Crippen LogP contribution in [0.15, 0.2) is 48.5 Å². The highest BCUT2D eigenvalue weighted by molar-refractivity contribution is 6.30. The third-order valence-corrected chi connectivity index (χ3v) is 4.02. The second-order valence-corrected chi connectivity index (χ2v) is 7.39. The zero-order valence-corrected chi connectivity index (χ0v) is 15.5. The summed E-state index contributed by atoms with van der Waals surface area (Å²) >= 11 is 5.79. The molecule has 1 amide bonds. The molecule has 0 unspecified atom stereocenters. The van der Waals surface area contributed by atoms with Gasteiger partial charge in [0.15, 0.2) is 0 Å². The number of carbonyl (C=O) groups is 1. The van der Waals surface area contributed by atoms with Crippen LogP contribution in [0.2, 0.25) is 5.02 Å². The molecule has 0 aliphatic carbocycles. The van der Waals surface area contributed by atoms with Crippen molar-refractivity contribution in [3.63, 3.8) is 0 Å². The normalized spacial score (nSPS) is 12.5. The number of hydrogen-bond acceptors (Lipinski definition) is 3. The van der Waals surface area contributed by atoms with Crippen molar-refractivity contribution in [1.29, 1.82) is 0 Å². The Balaban J connectivity index is 1.77. The number of nitrogens with one attached hydrogen (secondary N) is 1. The van der Waals surface area contributed by atoms with Crippen LogP contribution in [0.1, 0.15) is 36.7 Å². The maximum absolute atomic E-state index is 12.0. The molecule has 0 heterocycles. The molecule has 2 rings (SSSR count). The van der Waals surface area contributed by atoms with Crippen LogP contribution < -0.4 is 10.1 Å². The molecule has 0 spiro atoms. The number of halogens is 1. The molecule has 0 radical (unpaired) electrons. The van der Waals surface area contributed by atoms with Gasteiger partial charge in [0.05, 0.1) is 0 Å². The number of benzene rings is 2. The standard InChI is InChI=1S/C20H24ClNO3/c1-20(2,3)15-6-10-18(11-7-15)25-13-17(23)12-22-19(24)14-4-8-16(21)9-5-14/h4-11,17,23H,12-13H2,1-3H3,(H,22,24)/t17-/m1/s1. The van der Waals surface area contributed by atoms with Crippen molar-refractivity contribution in [1.82, 2.24) is 5.32 Å². The van der Waals surface area contributed by atoms with E-state index in [1.807, 2.05) is 24.3 Å². The van der Waals surface area contributed by atoms with Crippen molar-refractivity contribution in [2.45, 2.75) is 32.3 Å². The van der Waals surface area contributed by atoms with Gasteiger partial charge in [0, 0.05) is 17.1 Å². The predicted molar refractivity (Wildman–Crippen MR) is 100 cm³/mol. The highest BCUT2D eigenvalue weighted by Crippen LogP contribution is 2.24. The molecule has 5 heteroatoms. The van der Waals surface area contributed by atoms with Crippen molar-refractivity contribution >= 4 is 17.5 Å². The average Bonchev–Trinajstić information content (AvgIpc) is 2.58. The minimum atomic E-state index is -0.793. The van der Waals surface area contributed by atoms with Gasteiger partial charge in [-0.2, -0.15) is 0 Å². The number of carbonyl (C=O) groups excluding carboxylic acids is 1. The van der Waals surface area contributed by atoms with Gasteiger partial charge < -0.3 is 15.2 Å². The molecular weight excluding hydrogens is 338 g/mol. The molecule has 2 aromatic carbocycles. The average molecular weight is 362 g/mol. The van der Waals surface area contributed by atoms with Crippen molar-refractivity contribution in [3.05, 3.63) is 64.7 Å². The van der Waals surface area contributed by atoms with Crippen molar-refractivity contribution in [2.24, 2.45) is 0 Å². The molecule has 1 atom stereocenters. The first-order chi connectivity index (χ1) is 11.8. The molecule has 134 valence electrons. The Hall–Kier alpha value is -2.04. The zero-order valence-electron chi connectivity index (χ0n) is 14.8. The number of aliphatic hydroxyl groups is 1. The molecule has 0 aromatic heterocycles. The molecular formula is C20H24ClNO3. The Kier molecular flexibility index (Phi) is 6.45. The third kappa shape index (κ3) is 6.07. The highest BCUT2D eigenvalue weighted by atomic mass is 35.5. The lowest BCUT2D eigenvalue weighted by Crippen LogP contribution is -2.35. The van der Waals surface area contributed by atoms with E-state index in [-0.39, 0.29) is 24.5 Å². The SMILES string of the molecule is CC(C)(C)c1ccc(OC[C@H](O)CNC(=O)c2ccc(Cl)cc2)cc1. The van der Waals surface area contributed by atoms with Crippen LogP contribution in [0.25, 0.3) is 0 Å². The third-order valence-electron chi connectivity index (χ3n) is 3.77. The number of rotatable bonds is 6.